The largest absolute Gasteiger partial charge is 0.459 e. The number of carbonyl (C=O) groups is 12. The minimum Gasteiger partial charge on any atom is -0.459 e. The van der Waals surface area contributed by atoms with E-state index >= 15 is 0 Å². The van der Waals surface area contributed by atoms with Gasteiger partial charge < -0.3 is 48.2 Å². The Balaban J connectivity index is 1.53. The van der Waals surface area contributed by atoms with Gasteiger partial charge in [0.15, 0.2) is 5.84 Å². The van der Waals surface area contributed by atoms with Gasteiger partial charge in [-0.2, -0.15) is 0 Å². The van der Waals surface area contributed by atoms with Gasteiger partial charge >= 0.3 is 47.8 Å². The lowest BCUT2D eigenvalue weighted by Gasteiger charge is -2.30. The molecule has 4 aliphatic heterocycles. The number of carbonyl (C=O) groups excluding carboxylic acids is 12. The van der Waals surface area contributed by atoms with E-state index in [1.165, 1.54) is 9.80 Å². The van der Waals surface area contributed by atoms with Gasteiger partial charge in [0, 0.05) is 92.6 Å². The highest BCUT2D eigenvalue weighted by molar-refractivity contribution is 6.32. The molecule has 4 aliphatic rings. The van der Waals surface area contributed by atoms with Gasteiger partial charge in [0.05, 0.1) is 82.6 Å². The fourth-order valence-corrected chi connectivity index (χ4v) is 14.8. The SMILES string of the molecule is CCC1=C(CC)C2=NC3NC(=C(CC)C3(C)CC)C=C3N=C(C=c4[nH]c(cc4CCC(=O)NNC(=O)CN(CCN(CC(=O)OC(C)(C)C)CC(=O)OC(C)(C)C)CCN(CC(=O)OC(C)(C)C)CC(=O)OC(C)(C)C)=CC1=N2)C(CCC(=O)NNC(=O)CN(CCN(CC(=O)OC(C)(C)C)CC(=O)OC(C)(C)C)CCN(CC(=O)OC(C)(C)C)CC(=O)OC(C)(C)C)=C3C. The van der Waals surface area contributed by atoms with Crippen LogP contribution in [0, 0.1) is 5.41 Å². The molecule has 0 spiro atoms. The van der Waals surface area contributed by atoms with Crippen LogP contribution in [0.1, 0.15) is 258 Å². The molecular formula is C95H153N15O20. The number of amides is 4. The van der Waals surface area contributed by atoms with E-state index in [2.05, 4.69) is 66.6 Å². The Morgan fingerprint density at radius 3 is 0.992 bits per heavy atom. The van der Waals surface area contributed by atoms with Crippen molar-refractivity contribution in [2.24, 2.45) is 20.4 Å². The Morgan fingerprint density at radius 2 is 0.685 bits per heavy atom. The number of hydrazine groups is 2. The first-order valence-corrected chi connectivity index (χ1v) is 45.4. The Labute approximate surface area is 769 Å². The van der Waals surface area contributed by atoms with Gasteiger partial charge in [0.2, 0.25) is 11.8 Å². The zero-order chi connectivity index (χ0) is 98.2. The number of amidine groups is 1. The van der Waals surface area contributed by atoms with Crippen LogP contribution in [-0.2, 0) is 102 Å². The van der Waals surface area contributed by atoms with Crippen molar-refractivity contribution in [2.75, 3.05) is 118 Å². The number of allylic oxidation sites excluding steroid dienone is 4. The summed E-state index contributed by atoms with van der Waals surface area (Å²) < 4.78 is 45.2. The van der Waals surface area contributed by atoms with Crippen molar-refractivity contribution in [3.63, 3.8) is 0 Å². The molecule has 0 fully saturated rings. The van der Waals surface area contributed by atoms with Crippen LogP contribution in [0.15, 0.2) is 66.4 Å². The molecule has 1 aromatic rings. The van der Waals surface area contributed by atoms with Crippen LogP contribution in [0.25, 0.3) is 12.2 Å². The van der Waals surface area contributed by atoms with Crippen LogP contribution in [-0.4, -0.2) is 292 Å². The number of aromatic amines is 1. The number of aryl methyl sites for hydroxylation is 1. The fourth-order valence-electron chi connectivity index (χ4n) is 14.8. The molecule has 8 bridgehead atoms. The summed E-state index contributed by atoms with van der Waals surface area (Å²) in [6, 6.07) is 1.93. The summed E-state index contributed by atoms with van der Waals surface area (Å²) >= 11 is 0. The third kappa shape index (κ3) is 40.9. The number of aromatic nitrogens is 1. The summed E-state index contributed by atoms with van der Waals surface area (Å²) in [7, 11) is 0. The topological polar surface area (TPSA) is 411 Å². The number of ether oxygens (including phenoxy) is 8. The lowest BCUT2D eigenvalue weighted by atomic mass is 9.77. The van der Waals surface area contributed by atoms with Gasteiger partial charge in [-0.3, -0.25) is 109 Å². The number of rotatable bonds is 42. The van der Waals surface area contributed by atoms with Crippen LogP contribution in [0.5, 0.6) is 0 Å². The number of hydrogen-bond donors (Lipinski definition) is 6. The zero-order valence-corrected chi connectivity index (χ0v) is 83.5. The van der Waals surface area contributed by atoms with Crippen LogP contribution >= 0.6 is 0 Å². The van der Waals surface area contributed by atoms with Crippen LogP contribution in [0.2, 0.25) is 0 Å². The van der Waals surface area contributed by atoms with Gasteiger partial charge in [-0.05, 0) is 264 Å². The first kappa shape index (κ1) is 111. The van der Waals surface area contributed by atoms with Gasteiger partial charge in [-0.1, -0.05) is 34.6 Å². The summed E-state index contributed by atoms with van der Waals surface area (Å²) in [4.78, 5) is 194. The molecule has 5 heterocycles. The number of nitrogens with one attached hydrogen (secondary N) is 6. The van der Waals surface area contributed by atoms with Crippen LogP contribution in [0.3, 0.4) is 0 Å². The van der Waals surface area contributed by atoms with Gasteiger partial charge in [-0.25, -0.2) is 15.0 Å². The van der Waals surface area contributed by atoms with E-state index in [-0.39, 0.29) is 143 Å². The van der Waals surface area contributed by atoms with E-state index in [9.17, 15) is 57.5 Å². The van der Waals surface area contributed by atoms with Crippen molar-refractivity contribution in [3.05, 3.63) is 67.7 Å². The predicted octanol–water partition coefficient (Wildman–Crippen LogP) is 7.78. The summed E-state index contributed by atoms with van der Waals surface area (Å²) in [6.45, 7) is 50.8. The minimum atomic E-state index is -0.856. The van der Waals surface area contributed by atoms with Crippen molar-refractivity contribution >= 4 is 101 Å². The maximum atomic E-state index is 14.4. The second-order valence-electron chi connectivity index (χ2n) is 41.5. The first-order chi connectivity index (χ1) is 59.8. The monoisotopic (exact) mass is 1820 g/mol. The highest BCUT2D eigenvalue weighted by atomic mass is 16.6. The highest BCUT2D eigenvalue weighted by Gasteiger charge is 2.44. The number of hydrogen-bond acceptors (Lipinski definition) is 30. The molecule has 0 radical (unpaired) electrons. The molecule has 35 heteroatoms. The lowest BCUT2D eigenvalue weighted by Crippen LogP contribution is -2.50. The Morgan fingerprint density at radius 1 is 0.377 bits per heavy atom. The Bertz CT molecular complexity index is 4330. The Hall–Kier alpha value is -9.81. The van der Waals surface area contributed by atoms with Gasteiger partial charge in [-0.15, -0.1) is 0 Å². The number of fused-ring (bicyclic) bond motifs is 6. The molecule has 0 saturated heterocycles. The number of esters is 8. The van der Waals surface area contributed by atoms with E-state index in [1.807, 2.05) is 31.2 Å². The summed E-state index contributed by atoms with van der Waals surface area (Å²) in [5, 5.41) is 5.01. The highest BCUT2D eigenvalue weighted by Crippen LogP contribution is 2.46. The van der Waals surface area contributed by atoms with Gasteiger partial charge in [0.1, 0.15) is 51.0 Å². The first-order valence-electron chi connectivity index (χ1n) is 45.4. The molecule has 0 saturated carbocycles. The van der Waals surface area contributed by atoms with Crippen molar-refractivity contribution < 1.29 is 95.4 Å². The molecular weight excluding hydrogens is 1670 g/mol. The van der Waals surface area contributed by atoms with Crippen molar-refractivity contribution in [1.82, 2.24) is 61.4 Å². The predicted molar refractivity (Wildman–Crippen MR) is 498 cm³/mol. The summed E-state index contributed by atoms with van der Waals surface area (Å²) in [5.74, 6) is -6.71. The average molecular weight is 1830 g/mol. The Kier molecular flexibility index (Phi) is 40.5. The zero-order valence-electron chi connectivity index (χ0n) is 83.5. The number of aliphatic imine (C=N–C) groups is 3. The van der Waals surface area contributed by atoms with Crippen molar-refractivity contribution in [1.29, 1.82) is 0 Å². The van der Waals surface area contributed by atoms with Crippen molar-refractivity contribution in [3.8, 4) is 0 Å². The van der Waals surface area contributed by atoms with E-state index in [1.54, 1.807) is 186 Å². The van der Waals surface area contributed by atoms with Crippen LogP contribution < -0.4 is 37.7 Å². The maximum absolute atomic E-state index is 14.4. The summed E-state index contributed by atoms with van der Waals surface area (Å²) in [6.07, 6.45) is 8.13. The fraction of sp³-hybridized carbons (Fsp3) is 0.695. The van der Waals surface area contributed by atoms with E-state index in [4.69, 9.17) is 52.9 Å². The van der Waals surface area contributed by atoms with E-state index in [0.717, 1.165) is 34.4 Å². The molecule has 0 aliphatic carbocycles. The standard InChI is InChI=1S/C95H153N15O20/c1-31-64-65(32-2)85-98-70(64)48-63-47-62(35-37-73(111)101-103-75(113)51-105(39-43-107(53-77(115)123-87(6,7)8)54-78(116)124-88(9,10)11)40-44-108(55-79(117)125-89(12,13)14)56-80(118)126-90(15,16)17)69(96-63)50-71-66(61(5)68(97-71)49-72-67(33-3)95(30,34-4)86(99-72)100-85)36-38-74(112)102-104-76(114)52-106(41-45-109(57-81(119)127-91(18,19)20)58-82(120)128-92(21,22)23)42-46-110(59-83(121)129-93(24,25)26)60-84(122)130-94(27,28)29/h47-50,86,96,99H,31-46,51-60H2,1-30H3,(H,101,111)(H,102,112)(H,103,113)(H,104,114). The quantitative estimate of drug-likeness (QED) is 0.0207. The molecule has 2 atom stereocenters. The molecule has 2 unspecified atom stereocenters. The molecule has 728 valence electrons. The number of H-pyrrole nitrogens is 1. The minimum absolute atomic E-state index is 0.0187. The van der Waals surface area contributed by atoms with Crippen LogP contribution in [0.4, 0.5) is 0 Å². The molecule has 35 nitrogen and oxygen atoms in total. The molecule has 6 N–H and O–H groups in total. The van der Waals surface area contributed by atoms with E-state index in [0.29, 0.717) is 64.1 Å². The summed E-state index contributed by atoms with van der Waals surface area (Å²) in [5.41, 5.74) is 11.1. The molecule has 0 aromatic carbocycles. The number of nitrogens with zero attached hydrogens (tertiary/aromatic N) is 9. The third-order valence-electron chi connectivity index (χ3n) is 20.1. The normalized spacial score (nSPS) is 16.4. The lowest BCUT2D eigenvalue weighted by molar-refractivity contribution is -0.162. The maximum Gasteiger partial charge on any atom is 0.320 e. The second kappa shape index (κ2) is 47.5. The third-order valence-corrected chi connectivity index (χ3v) is 20.1. The average Bonchev–Trinajstić information content (AvgIpc) is 1.60. The van der Waals surface area contributed by atoms with Gasteiger partial charge in [0.25, 0.3) is 11.8 Å². The van der Waals surface area contributed by atoms with E-state index < -0.39 is 128 Å². The smallest absolute Gasteiger partial charge is 0.320 e. The molecule has 4 amide bonds. The van der Waals surface area contributed by atoms with Crippen molar-refractivity contribution in [2.45, 2.75) is 310 Å². The second-order valence-corrected chi connectivity index (χ2v) is 41.5. The molecule has 5 rings (SSSR count). The molecule has 130 heavy (non-hydrogen) atoms. The molecule has 1 aromatic heterocycles.